The highest BCUT2D eigenvalue weighted by Gasteiger charge is 2.27. The molecule has 8 nitrogen and oxygen atoms in total. The van der Waals surface area contributed by atoms with Gasteiger partial charge in [-0.1, -0.05) is 25.1 Å². The van der Waals surface area contributed by atoms with Crippen molar-refractivity contribution >= 4 is 11.8 Å². The van der Waals surface area contributed by atoms with Crippen molar-refractivity contribution in [3.63, 3.8) is 0 Å². The van der Waals surface area contributed by atoms with E-state index < -0.39 is 0 Å². The van der Waals surface area contributed by atoms with Gasteiger partial charge < -0.3 is 10.2 Å². The number of piperazine rings is 1. The fourth-order valence-corrected chi connectivity index (χ4v) is 3.76. The van der Waals surface area contributed by atoms with Crippen LogP contribution in [0.25, 0.3) is 16.9 Å². The van der Waals surface area contributed by atoms with E-state index in [0.29, 0.717) is 50.5 Å². The Morgan fingerprint density at radius 1 is 1.03 bits per heavy atom. The second-order valence-corrected chi connectivity index (χ2v) is 7.83. The van der Waals surface area contributed by atoms with E-state index in [1.54, 1.807) is 23.3 Å². The number of benzene rings is 1. The summed E-state index contributed by atoms with van der Waals surface area (Å²) in [5.74, 6) is -0.0178. The van der Waals surface area contributed by atoms with Gasteiger partial charge in [0.05, 0.1) is 17.8 Å². The van der Waals surface area contributed by atoms with E-state index in [2.05, 4.69) is 15.2 Å². The molecule has 0 aliphatic carbocycles. The second-order valence-electron chi connectivity index (χ2n) is 7.83. The number of rotatable bonds is 7. The van der Waals surface area contributed by atoms with E-state index >= 15 is 0 Å². The number of carbonyl (C=O) groups excluding carboxylic acids is 2. The van der Waals surface area contributed by atoms with Crippen molar-refractivity contribution in [1.82, 2.24) is 29.9 Å². The Balaban J connectivity index is 1.51. The van der Waals surface area contributed by atoms with Gasteiger partial charge in [0, 0.05) is 56.9 Å². The zero-order chi connectivity index (χ0) is 22.3. The minimum Gasteiger partial charge on any atom is -0.355 e. The number of para-hydroxylation sites is 1. The van der Waals surface area contributed by atoms with E-state index in [9.17, 15) is 9.59 Å². The number of carbonyl (C=O) groups is 2. The highest BCUT2D eigenvalue weighted by molar-refractivity contribution is 6.00. The van der Waals surface area contributed by atoms with Gasteiger partial charge >= 0.3 is 0 Å². The van der Waals surface area contributed by atoms with Crippen LogP contribution in [0.15, 0.2) is 61.1 Å². The summed E-state index contributed by atoms with van der Waals surface area (Å²) in [6.45, 7) is 5.57. The lowest BCUT2D eigenvalue weighted by Gasteiger charge is -2.34. The lowest BCUT2D eigenvalue weighted by molar-refractivity contribution is -0.122. The Morgan fingerprint density at radius 3 is 2.50 bits per heavy atom. The zero-order valence-electron chi connectivity index (χ0n) is 18.3. The second kappa shape index (κ2) is 10.2. The summed E-state index contributed by atoms with van der Waals surface area (Å²) in [6.07, 6.45) is 6.14. The normalized spacial score (nSPS) is 14.3. The van der Waals surface area contributed by atoms with E-state index in [4.69, 9.17) is 5.10 Å². The molecule has 0 radical (unpaired) electrons. The monoisotopic (exact) mass is 432 g/mol. The summed E-state index contributed by atoms with van der Waals surface area (Å²) < 4.78 is 1.74. The SMILES string of the molecule is CCCNC(=O)CN1CCN(C(=O)c2cn(-c3ccccc3)nc2-c2cccnc2)CC1. The maximum absolute atomic E-state index is 13.5. The molecular formula is C24H28N6O2. The van der Waals surface area contributed by atoms with Crippen molar-refractivity contribution in [1.29, 1.82) is 0 Å². The highest BCUT2D eigenvalue weighted by Crippen LogP contribution is 2.24. The average molecular weight is 433 g/mol. The molecule has 0 atom stereocenters. The first-order valence-electron chi connectivity index (χ1n) is 11.0. The molecule has 32 heavy (non-hydrogen) atoms. The van der Waals surface area contributed by atoms with Gasteiger partial charge in [0.1, 0.15) is 5.69 Å². The Kier molecular flexibility index (Phi) is 6.91. The third kappa shape index (κ3) is 5.03. The fourth-order valence-electron chi connectivity index (χ4n) is 3.76. The predicted octanol–water partition coefficient (Wildman–Crippen LogP) is 2.22. The molecule has 166 valence electrons. The molecule has 2 aromatic heterocycles. The molecule has 1 aliphatic heterocycles. The number of hydrogen-bond donors (Lipinski definition) is 1. The van der Waals surface area contributed by atoms with Crippen LogP contribution >= 0.6 is 0 Å². The fraction of sp³-hybridized carbons (Fsp3) is 0.333. The standard InChI is InChI=1S/C24H28N6O2/c1-2-10-26-22(31)18-28-12-14-29(15-13-28)24(32)21-17-30(20-8-4-3-5-9-20)27-23(21)19-7-6-11-25-16-19/h3-9,11,16-17H,2,10,12-15,18H2,1H3,(H,26,31). The average Bonchev–Trinajstić information content (AvgIpc) is 3.29. The Morgan fingerprint density at radius 2 is 1.81 bits per heavy atom. The van der Waals surface area contributed by atoms with Gasteiger partial charge in [-0.25, -0.2) is 4.68 Å². The van der Waals surface area contributed by atoms with Gasteiger partial charge in [-0.3, -0.25) is 19.5 Å². The Labute approximate surface area is 187 Å². The van der Waals surface area contributed by atoms with Crippen molar-refractivity contribution in [2.75, 3.05) is 39.3 Å². The van der Waals surface area contributed by atoms with Crippen LogP contribution in [0.4, 0.5) is 0 Å². The molecule has 8 heteroatoms. The molecule has 1 aliphatic rings. The molecule has 1 aromatic carbocycles. The lowest BCUT2D eigenvalue weighted by atomic mass is 10.1. The van der Waals surface area contributed by atoms with Gasteiger partial charge in [0.15, 0.2) is 0 Å². The summed E-state index contributed by atoms with van der Waals surface area (Å²) in [6, 6.07) is 13.5. The molecular weight excluding hydrogens is 404 g/mol. The molecule has 2 amide bonds. The smallest absolute Gasteiger partial charge is 0.257 e. The molecule has 3 aromatic rings. The van der Waals surface area contributed by atoms with Crippen LogP contribution in [0.1, 0.15) is 23.7 Å². The van der Waals surface area contributed by atoms with E-state index in [1.165, 1.54) is 0 Å². The molecule has 0 spiro atoms. The first-order valence-corrected chi connectivity index (χ1v) is 11.0. The highest BCUT2D eigenvalue weighted by atomic mass is 16.2. The first-order chi connectivity index (χ1) is 15.7. The first kappa shape index (κ1) is 21.7. The van der Waals surface area contributed by atoms with Crippen LogP contribution < -0.4 is 5.32 Å². The molecule has 1 saturated heterocycles. The molecule has 1 N–H and O–H groups in total. The molecule has 0 unspecified atom stereocenters. The maximum Gasteiger partial charge on any atom is 0.257 e. The van der Waals surface area contributed by atoms with Gasteiger partial charge in [-0.2, -0.15) is 5.10 Å². The molecule has 4 rings (SSSR count). The third-order valence-electron chi connectivity index (χ3n) is 5.50. The van der Waals surface area contributed by atoms with Gasteiger partial charge in [0.25, 0.3) is 5.91 Å². The van der Waals surface area contributed by atoms with Crippen LogP contribution in [0.3, 0.4) is 0 Å². The van der Waals surface area contributed by atoms with Crippen LogP contribution in [0.2, 0.25) is 0 Å². The molecule has 0 saturated carbocycles. The van der Waals surface area contributed by atoms with Gasteiger partial charge in [-0.15, -0.1) is 0 Å². The summed E-state index contributed by atoms with van der Waals surface area (Å²) in [5, 5.41) is 7.62. The number of nitrogens with zero attached hydrogens (tertiary/aromatic N) is 5. The van der Waals surface area contributed by atoms with Crippen molar-refractivity contribution in [3.8, 4) is 16.9 Å². The predicted molar refractivity (Wildman–Crippen MR) is 122 cm³/mol. The Bertz CT molecular complexity index is 1040. The summed E-state index contributed by atoms with van der Waals surface area (Å²) in [5.41, 5.74) is 2.86. The van der Waals surface area contributed by atoms with Crippen molar-refractivity contribution in [2.24, 2.45) is 0 Å². The quantitative estimate of drug-likeness (QED) is 0.619. The van der Waals surface area contributed by atoms with Crippen molar-refractivity contribution < 1.29 is 9.59 Å². The number of nitrogens with one attached hydrogen (secondary N) is 1. The minimum absolute atomic E-state index is 0.0367. The maximum atomic E-state index is 13.5. The van der Waals surface area contributed by atoms with Crippen molar-refractivity contribution in [3.05, 3.63) is 66.6 Å². The lowest BCUT2D eigenvalue weighted by Crippen LogP contribution is -2.51. The third-order valence-corrected chi connectivity index (χ3v) is 5.50. The largest absolute Gasteiger partial charge is 0.355 e. The van der Waals surface area contributed by atoms with E-state index in [-0.39, 0.29) is 11.8 Å². The van der Waals surface area contributed by atoms with E-state index in [0.717, 1.165) is 17.7 Å². The Hall–Kier alpha value is -3.52. The number of amides is 2. The zero-order valence-corrected chi connectivity index (χ0v) is 18.3. The van der Waals surface area contributed by atoms with E-state index in [1.807, 2.05) is 54.3 Å². The van der Waals surface area contributed by atoms with Gasteiger partial charge in [-0.05, 0) is 30.7 Å². The number of hydrogen-bond acceptors (Lipinski definition) is 5. The number of aromatic nitrogens is 3. The summed E-state index contributed by atoms with van der Waals surface area (Å²) >= 11 is 0. The molecule has 3 heterocycles. The van der Waals surface area contributed by atoms with Crippen LogP contribution in [-0.4, -0.2) is 75.6 Å². The van der Waals surface area contributed by atoms with Crippen molar-refractivity contribution in [2.45, 2.75) is 13.3 Å². The van der Waals surface area contributed by atoms with Crippen LogP contribution in [-0.2, 0) is 4.79 Å². The van der Waals surface area contributed by atoms with Crippen LogP contribution in [0, 0.1) is 0 Å². The molecule has 1 fully saturated rings. The number of pyridine rings is 1. The summed E-state index contributed by atoms with van der Waals surface area (Å²) in [7, 11) is 0. The van der Waals surface area contributed by atoms with Crippen LogP contribution in [0.5, 0.6) is 0 Å². The summed E-state index contributed by atoms with van der Waals surface area (Å²) in [4.78, 5) is 33.6. The molecule has 0 bridgehead atoms. The minimum atomic E-state index is -0.0545. The topological polar surface area (TPSA) is 83.4 Å². The van der Waals surface area contributed by atoms with Gasteiger partial charge in [0.2, 0.25) is 5.91 Å².